The number of rotatable bonds is 6. The van der Waals surface area contributed by atoms with Crippen molar-refractivity contribution in [1.82, 2.24) is 5.32 Å². The quantitative estimate of drug-likeness (QED) is 0.805. The van der Waals surface area contributed by atoms with Crippen LogP contribution in [0.25, 0.3) is 0 Å². The van der Waals surface area contributed by atoms with E-state index in [2.05, 4.69) is 5.32 Å². The third kappa shape index (κ3) is 4.20. The molecule has 136 valence electrons. The Morgan fingerprint density at radius 2 is 1.85 bits per heavy atom. The van der Waals surface area contributed by atoms with E-state index in [1.165, 1.54) is 0 Å². The van der Waals surface area contributed by atoms with Crippen LogP contribution in [0, 0.1) is 13.8 Å². The highest BCUT2D eigenvalue weighted by Gasteiger charge is 2.20. The topological polar surface area (TPSA) is 55.4 Å². The number of carbonyl (C=O) groups is 2. The Kier molecular flexibility index (Phi) is 5.84. The minimum Gasteiger partial charge on any atom is -0.378 e. The van der Waals surface area contributed by atoms with Gasteiger partial charge in [-0.1, -0.05) is 35.9 Å². The van der Waals surface area contributed by atoms with Gasteiger partial charge in [0.15, 0.2) is 5.78 Å². The van der Waals surface area contributed by atoms with E-state index in [0.29, 0.717) is 23.2 Å². The molecule has 1 heterocycles. The minimum absolute atomic E-state index is 0.115. The largest absolute Gasteiger partial charge is 0.378 e. The molecule has 1 saturated heterocycles. The van der Waals surface area contributed by atoms with E-state index < -0.39 is 0 Å². The maximum absolute atomic E-state index is 13.0. The lowest BCUT2D eigenvalue weighted by atomic mass is 9.94. The van der Waals surface area contributed by atoms with E-state index >= 15 is 0 Å². The molecule has 2 aromatic carbocycles. The predicted molar refractivity (Wildman–Crippen MR) is 102 cm³/mol. The Balaban J connectivity index is 1.75. The summed E-state index contributed by atoms with van der Waals surface area (Å²) >= 11 is 0. The summed E-state index contributed by atoms with van der Waals surface area (Å²) in [5, 5.41) is 2.93. The summed E-state index contributed by atoms with van der Waals surface area (Å²) < 4.78 is 5.58. The first-order chi connectivity index (χ1) is 12.6. The summed E-state index contributed by atoms with van der Waals surface area (Å²) in [4.78, 5) is 25.7. The summed E-state index contributed by atoms with van der Waals surface area (Å²) in [5.74, 6) is -0.326. The van der Waals surface area contributed by atoms with Crippen molar-refractivity contribution in [3.05, 3.63) is 70.3 Å². The van der Waals surface area contributed by atoms with Crippen molar-refractivity contribution in [2.24, 2.45) is 0 Å². The molecule has 0 spiro atoms. The zero-order valence-corrected chi connectivity index (χ0v) is 15.4. The maximum Gasteiger partial charge on any atom is 0.252 e. The molecule has 0 radical (unpaired) electrons. The second kappa shape index (κ2) is 8.28. The Bertz CT molecular complexity index is 807. The van der Waals surface area contributed by atoms with E-state index in [4.69, 9.17) is 4.74 Å². The Morgan fingerprint density at radius 3 is 2.58 bits per heavy atom. The van der Waals surface area contributed by atoms with Crippen molar-refractivity contribution in [3.8, 4) is 0 Å². The summed E-state index contributed by atoms with van der Waals surface area (Å²) in [5.41, 5.74) is 3.44. The predicted octanol–water partition coefficient (Wildman–Crippen LogP) is 3.83. The molecule has 4 nitrogen and oxygen atoms in total. The van der Waals surface area contributed by atoms with Crippen molar-refractivity contribution in [1.29, 1.82) is 0 Å². The van der Waals surface area contributed by atoms with Crippen LogP contribution < -0.4 is 5.32 Å². The molecule has 4 heteroatoms. The number of hydrogen-bond acceptors (Lipinski definition) is 3. The van der Waals surface area contributed by atoms with Crippen LogP contribution in [-0.2, 0) is 4.74 Å². The summed E-state index contributed by atoms with van der Waals surface area (Å²) in [6.07, 6.45) is 3.18. The molecule has 1 amide bonds. The molecule has 1 aliphatic heterocycles. The molecule has 1 N–H and O–H groups in total. The molecule has 2 aromatic rings. The Morgan fingerprint density at radius 1 is 1.08 bits per heavy atom. The molecular weight excluding hydrogens is 326 g/mol. The van der Waals surface area contributed by atoms with Gasteiger partial charge in [-0.2, -0.15) is 0 Å². The highest BCUT2D eigenvalue weighted by atomic mass is 16.5. The lowest BCUT2D eigenvalue weighted by Crippen LogP contribution is -2.28. The van der Waals surface area contributed by atoms with Crippen LogP contribution in [0.3, 0.4) is 0 Å². The average Bonchev–Trinajstić information content (AvgIpc) is 3.16. The molecule has 0 bridgehead atoms. The van der Waals surface area contributed by atoms with E-state index in [0.717, 1.165) is 37.0 Å². The van der Waals surface area contributed by atoms with Crippen molar-refractivity contribution < 1.29 is 14.3 Å². The number of aryl methyl sites for hydroxylation is 2. The van der Waals surface area contributed by atoms with Crippen LogP contribution in [0.4, 0.5) is 0 Å². The lowest BCUT2D eigenvalue weighted by molar-refractivity contribution is 0.0900. The fourth-order valence-electron chi connectivity index (χ4n) is 3.32. The van der Waals surface area contributed by atoms with Crippen molar-refractivity contribution in [3.63, 3.8) is 0 Å². The third-order valence-corrected chi connectivity index (χ3v) is 4.83. The first-order valence-electron chi connectivity index (χ1n) is 9.17. The number of amides is 1. The number of hydrogen-bond donors (Lipinski definition) is 1. The SMILES string of the molecule is Cc1ccc(C)c(C(=O)c2ccccc2C(=O)NCC[C@H]2CCCO2)c1. The van der Waals surface area contributed by atoms with E-state index in [1.54, 1.807) is 24.3 Å². The minimum atomic E-state index is -0.211. The van der Waals surface area contributed by atoms with Crippen LogP contribution in [0.15, 0.2) is 42.5 Å². The highest BCUT2D eigenvalue weighted by molar-refractivity contribution is 6.15. The van der Waals surface area contributed by atoms with Gasteiger partial charge in [0.05, 0.1) is 11.7 Å². The molecule has 1 atom stereocenters. The smallest absolute Gasteiger partial charge is 0.252 e. The van der Waals surface area contributed by atoms with Gasteiger partial charge in [-0.15, -0.1) is 0 Å². The summed E-state index contributed by atoms with van der Waals surface area (Å²) in [7, 11) is 0. The summed E-state index contributed by atoms with van der Waals surface area (Å²) in [6.45, 7) is 5.23. The van der Waals surface area contributed by atoms with Crippen LogP contribution in [0.1, 0.15) is 56.7 Å². The summed E-state index contributed by atoms with van der Waals surface area (Å²) in [6, 6.07) is 12.8. The molecular formula is C22H25NO3. The Labute approximate surface area is 154 Å². The fraction of sp³-hybridized carbons (Fsp3) is 0.364. The van der Waals surface area contributed by atoms with Gasteiger partial charge in [0, 0.05) is 24.3 Å². The monoisotopic (exact) mass is 351 g/mol. The zero-order valence-electron chi connectivity index (χ0n) is 15.4. The normalized spacial score (nSPS) is 16.5. The first kappa shape index (κ1) is 18.3. The second-order valence-electron chi connectivity index (χ2n) is 6.87. The van der Waals surface area contributed by atoms with Crippen molar-refractivity contribution in [2.45, 2.75) is 39.2 Å². The van der Waals surface area contributed by atoms with Gasteiger partial charge in [0.1, 0.15) is 0 Å². The maximum atomic E-state index is 13.0. The van der Waals surface area contributed by atoms with Gasteiger partial charge in [-0.25, -0.2) is 0 Å². The van der Waals surface area contributed by atoms with Crippen LogP contribution in [-0.4, -0.2) is 30.9 Å². The number of nitrogens with one attached hydrogen (secondary N) is 1. The van der Waals surface area contributed by atoms with Gasteiger partial charge in [0.25, 0.3) is 5.91 Å². The molecule has 0 unspecified atom stereocenters. The highest BCUT2D eigenvalue weighted by Crippen LogP contribution is 2.19. The molecule has 3 rings (SSSR count). The molecule has 0 aromatic heterocycles. The Hall–Kier alpha value is -2.46. The van der Waals surface area contributed by atoms with Crippen LogP contribution in [0.5, 0.6) is 0 Å². The molecule has 1 fully saturated rings. The molecule has 26 heavy (non-hydrogen) atoms. The van der Waals surface area contributed by atoms with Gasteiger partial charge in [-0.3, -0.25) is 9.59 Å². The van der Waals surface area contributed by atoms with Crippen molar-refractivity contribution >= 4 is 11.7 Å². The van der Waals surface area contributed by atoms with Gasteiger partial charge in [-0.05, 0) is 50.8 Å². The molecule has 0 aliphatic carbocycles. The van der Waals surface area contributed by atoms with Gasteiger partial charge < -0.3 is 10.1 Å². The molecule has 1 aliphatic rings. The average molecular weight is 351 g/mol. The van der Waals surface area contributed by atoms with E-state index in [-0.39, 0.29) is 17.8 Å². The van der Waals surface area contributed by atoms with Crippen LogP contribution in [0.2, 0.25) is 0 Å². The van der Waals surface area contributed by atoms with E-state index in [9.17, 15) is 9.59 Å². The lowest BCUT2D eigenvalue weighted by Gasteiger charge is -2.13. The third-order valence-electron chi connectivity index (χ3n) is 4.83. The number of carbonyl (C=O) groups excluding carboxylic acids is 2. The van der Waals surface area contributed by atoms with Gasteiger partial charge in [0.2, 0.25) is 0 Å². The van der Waals surface area contributed by atoms with E-state index in [1.807, 2.05) is 32.0 Å². The first-order valence-corrected chi connectivity index (χ1v) is 9.17. The number of benzene rings is 2. The fourth-order valence-corrected chi connectivity index (χ4v) is 3.32. The number of ketones is 1. The number of ether oxygens (including phenoxy) is 1. The second-order valence-corrected chi connectivity index (χ2v) is 6.87. The zero-order chi connectivity index (χ0) is 18.5. The molecule has 0 saturated carbocycles. The van der Waals surface area contributed by atoms with Crippen molar-refractivity contribution in [2.75, 3.05) is 13.2 Å². The standard InChI is InChI=1S/C22H25NO3/c1-15-9-10-16(2)20(14-15)21(24)18-7-3-4-8-19(18)22(25)23-12-11-17-6-5-13-26-17/h3-4,7-10,14,17H,5-6,11-13H2,1-2H3,(H,23,25)/t17-/m1/s1. The van der Waals surface area contributed by atoms with Gasteiger partial charge >= 0.3 is 0 Å². The van der Waals surface area contributed by atoms with Crippen LogP contribution >= 0.6 is 0 Å².